The van der Waals surface area contributed by atoms with Crippen LogP contribution in [0.1, 0.15) is 23.9 Å². The fourth-order valence-electron chi connectivity index (χ4n) is 3.20. The van der Waals surface area contributed by atoms with Gasteiger partial charge in [0, 0.05) is 20.9 Å². The highest BCUT2D eigenvalue weighted by Crippen LogP contribution is 2.23. The van der Waals surface area contributed by atoms with Crippen molar-refractivity contribution in [3.63, 3.8) is 0 Å². The molecule has 4 aromatic rings. The van der Waals surface area contributed by atoms with Gasteiger partial charge in [-0.3, -0.25) is 4.79 Å². The highest BCUT2D eigenvalue weighted by Gasteiger charge is 2.10. The third kappa shape index (κ3) is 4.97. The Kier molecular flexibility index (Phi) is 6.81. The molecule has 162 valence electrons. The maximum Gasteiger partial charge on any atom is 0.282 e. The quantitative estimate of drug-likeness (QED) is 0.269. The Labute approximate surface area is 200 Å². The average Bonchev–Trinajstić information content (AvgIpc) is 2.78. The van der Waals surface area contributed by atoms with Gasteiger partial charge in [0.15, 0.2) is 0 Å². The Hall–Kier alpha value is -2.84. The molecule has 0 aliphatic rings. The van der Waals surface area contributed by atoms with Crippen molar-refractivity contribution in [2.45, 2.75) is 20.0 Å². The minimum atomic E-state index is -0.314. The number of nitrogens with zero attached hydrogens (tertiary/aromatic N) is 3. The van der Waals surface area contributed by atoms with Crippen LogP contribution in [0.15, 0.2) is 79.5 Å². The Bertz CT molecular complexity index is 1390. The van der Waals surface area contributed by atoms with E-state index < -0.39 is 0 Å². The predicted octanol–water partition coefficient (Wildman–Crippen LogP) is 6.08. The van der Waals surface area contributed by atoms with Crippen molar-refractivity contribution in [1.29, 1.82) is 0 Å². The van der Waals surface area contributed by atoms with Gasteiger partial charge in [-0.15, -0.1) is 0 Å². The summed E-state index contributed by atoms with van der Waals surface area (Å²) < 4.78 is 22.3. The van der Waals surface area contributed by atoms with Gasteiger partial charge in [-0.2, -0.15) is 9.78 Å². The molecule has 3 aromatic carbocycles. The number of hydrogen-bond acceptors (Lipinski definition) is 4. The van der Waals surface area contributed by atoms with E-state index in [0.717, 1.165) is 8.95 Å². The predicted molar refractivity (Wildman–Crippen MR) is 131 cm³/mol. The normalized spacial score (nSPS) is 11.4. The number of aryl methyl sites for hydroxylation is 1. The van der Waals surface area contributed by atoms with Gasteiger partial charge in [0.1, 0.15) is 24.0 Å². The van der Waals surface area contributed by atoms with Crippen LogP contribution in [0.2, 0.25) is 0 Å². The molecule has 1 aromatic heterocycles. The lowest BCUT2D eigenvalue weighted by Crippen LogP contribution is -2.22. The van der Waals surface area contributed by atoms with Crippen molar-refractivity contribution in [2.24, 2.45) is 5.10 Å². The van der Waals surface area contributed by atoms with Crippen LogP contribution in [0.4, 0.5) is 4.39 Å². The molecule has 0 N–H and O–H groups in total. The molecule has 0 saturated carbocycles. The average molecular weight is 559 g/mol. The van der Waals surface area contributed by atoms with Crippen molar-refractivity contribution >= 4 is 49.0 Å². The van der Waals surface area contributed by atoms with E-state index in [1.54, 1.807) is 36.5 Å². The fraction of sp³-hybridized carbons (Fsp3) is 0.125. The molecule has 0 aliphatic carbocycles. The van der Waals surface area contributed by atoms with Crippen LogP contribution >= 0.6 is 31.9 Å². The van der Waals surface area contributed by atoms with Crippen LogP contribution in [0.5, 0.6) is 5.75 Å². The number of hydrogen-bond donors (Lipinski definition) is 0. The van der Waals surface area contributed by atoms with Crippen LogP contribution in [0.3, 0.4) is 0 Å². The van der Waals surface area contributed by atoms with Crippen LogP contribution in [-0.4, -0.2) is 15.9 Å². The van der Waals surface area contributed by atoms with Gasteiger partial charge in [-0.1, -0.05) is 50.9 Å². The van der Waals surface area contributed by atoms with Gasteiger partial charge < -0.3 is 4.74 Å². The second-order valence-electron chi connectivity index (χ2n) is 7.01. The smallest absolute Gasteiger partial charge is 0.282 e. The molecular weight excluding hydrogens is 541 g/mol. The molecule has 32 heavy (non-hydrogen) atoms. The van der Waals surface area contributed by atoms with Crippen molar-refractivity contribution < 1.29 is 9.13 Å². The molecule has 0 spiro atoms. The van der Waals surface area contributed by atoms with E-state index >= 15 is 0 Å². The number of aromatic nitrogens is 2. The standard InChI is InChI=1S/C24H18Br2FN3O2/c1-2-23-29-21-8-6-18(26)12-20(21)24(31)30(23)28-13-16-11-17(25)7-9-22(16)32-14-15-4-3-5-19(27)10-15/h3-13H,2,14H2,1H3. The van der Waals surface area contributed by atoms with Gasteiger partial charge in [0.2, 0.25) is 0 Å². The lowest BCUT2D eigenvalue weighted by molar-refractivity contribution is 0.305. The topological polar surface area (TPSA) is 56.5 Å². The van der Waals surface area contributed by atoms with Gasteiger partial charge in [0.05, 0.1) is 17.1 Å². The summed E-state index contributed by atoms with van der Waals surface area (Å²) in [6.07, 6.45) is 2.11. The van der Waals surface area contributed by atoms with E-state index in [4.69, 9.17) is 4.74 Å². The van der Waals surface area contributed by atoms with Gasteiger partial charge >= 0.3 is 0 Å². The second kappa shape index (κ2) is 9.75. The minimum Gasteiger partial charge on any atom is -0.488 e. The van der Waals surface area contributed by atoms with E-state index in [0.29, 0.717) is 40.0 Å². The van der Waals surface area contributed by atoms with Gasteiger partial charge in [-0.25, -0.2) is 9.37 Å². The van der Waals surface area contributed by atoms with Gasteiger partial charge in [-0.05, 0) is 54.1 Å². The summed E-state index contributed by atoms with van der Waals surface area (Å²) in [5, 5.41) is 4.92. The largest absolute Gasteiger partial charge is 0.488 e. The first-order chi connectivity index (χ1) is 15.4. The molecule has 5 nitrogen and oxygen atoms in total. The maximum atomic E-state index is 13.5. The number of ether oxygens (including phenoxy) is 1. The molecule has 0 saturated heterocycles. The molecule has 0 bridgehead atoms. The van der Waals surface area contributed by atoms with E-state index in [1.165, 1.54) is 16.8 Å². The zero-order chi connectivity index (χ0) is 22.7. The van der Waals surface area contributed by atoms with Crippen molar-refractivity contribution in [3.8, 4) is 5.75 Å². The molecular formula is C24H18Br2FN3O2. The molecule has 8 heteroatoms. The molecule has 0 radical (unpaired) electrons. The molecule has 0 amide bonds. The van der Waals surface area contributed by atoms with E-state index in [2.05, 4.69) is 41.9 Å². The van der Waals surface area contributed by atoms with Crippen molar-refractivity contribution in [2.75, 3.05) is 0 Å². The summed E-state index contributed by atoms with van der Waals surface area (Å²) in [6, 6.07) is 17.1. The Morgan fingerprint density at radius 3 is 2.66 bits per heavy atom. The Balaban J connectivity index is 1.70. The van der Waals surface area contributed by atoms with E-state index in [9.17, 15) is 9.18 Å². The van der Waals surface area contributed by atoms with E-state index in [1.807, 2.05) is 25.1 Å². The van der Waals surface area contributed by atoms with Crippen LogP contribution in [0.25, 0.3) is 10.9 Å². The summed E-state index contributed by atoms with van der Waals surface area (Å²) >= 11 is 6.86. The number of fused-ring (bicyclic) bond motifs is 1. The molecule has 0 atom stereocenters. The highest BCUT2D eigenvalue weighted by molar-refractivity contribution is 9.10. The lowest BCUT2D eigenvalue weighted by Gasteiger charge is -2.11. The maximum absolute atomic E-state index is 13.5. The molecule has 0 unspecified atom stereocenters. The summed E-state index contributed by atoms with van der Waals surface area (Å²) in [5.74, 6) is 0.799. The number of rotatable bonds is 6. The summed E-state index contributed by atoms with van der Waals surface area (Å²) in [5.41, 5.74) is 1.76. The first-order valence-electron chi connectivity index (χ1n) is 9.87. The Morgan fingerprint density at radius 2 is 1.88 bits per heavy atom. The zero-order valence-electron chi connectivity index (χ0n) is 17.1. The summed E-state index contributed by atoms with van der Waals surface area (Å²) in [7, 11) is 0. The van der Waals surface area contributed by atoms with Crippen LogP contribution in [0, 0.1) is 5.82 Å². The monoisotopic (exact) mass is 557 g/mol. The van der Waals surface area contributed by atoms with Crippen molar-refractivity contribution in [1.82, 2.24) is 9.66 Å². The second-order valence-corrected chi connectivity index (χ2v) is 8.84. The van der Waals surface area contributed by atoms with Crippen LogP contribution in [-0.2, 0) is 13.0 Å². The highest BCUT2D eigenvalue weighted by atomic mass is 79.9. The molecule has 0 fully saturated rings. The molecule has 0 aliphatic heterocycles. The SMILES string of the molecule is CCc1nc2ccc(Br)cc2c(=O)n1N=Cc1cc(Br)ccc1OCc1cccc(F)c1. The summed E-state index contributed by atoms with van der Waals surface area (Å²) in [4.78, 5) is 17.7. The number of benzene rings is 3. The molecule has 4 rings (SSSR count). The van der Waals surface area contributed by atoms with Crippen molar-refractivity contribution in [3.05, 3.63) is 103 Å². The van der Waals surface area contributed by atoms with Crippen LogP contribution < -0.4 is 10.3 Å². The first-order valence-corrected chi connectivity index (χ1v) is 11.5. The summed E-state index contributed by atoms with van der Waals surface area (Å²) in [6.45, 7) is 2.12. The van der Waals surface area contributed by atoms with Gasteiger partial charge in [0.25, 0.3) is 5.56 Å². The minimum absolute atomic E-state index is 0.200. The molecule has 1 heterocycles. The zero-order valence-corrected chi connectivity index (χ0v) is 20.2. The fourth-order valence-corrected chi connectivity index (χ4v) is 3.94. The Morgan fingerprint density at radius 1 is 1.09 bits per heavy atom. The lowest BCUT2D eigenvalue weighted by atomic mass is 10.2. The number of halogens is 3. The third-order valence-corrected chi connectivity index (χ3v) is 5.75. The van der Waals surface area contributed by atoms with E-state index in [-0.39, 0.29) is 18.0 Å². The third-order valence-electron chi connectivity index (χ3n) is 4.76. The first kappa shape index (κ1) is 22.4.